The fraction of sp³-hybridized carbons (Fsp3) is 0.381. The van der Waals surface area contributed by atoms with Crippen molar-refractivity contribution in [3.8, 4) is 0 Å². The number of pyridine rings is 2. The van der Waals surface area contributed by atoms with Crippen LogP contribution in [0.5, 0.6) is 0 Å². The van der Waals surface area contributed by atoms with Gasteiger partial charge < -0.3 is 20.5 Å². The van der Waals surface area contributed by atoms with Crippen LogP contribution in [0, 0.1) is 5.92 Å². The van der Waals surface area contributed by atoms with E-state index in [9.17, 15) is 4.79 Å². The Bertz CT molecular complexity index is 1000. The van der Waals surface area contributed by atoms with E-state index >= 15 is 0 Å². The average molecular weight is 457 g/mol. The molecule has 3 aromatic rings. The highest BCUT2D eigenvalue weighted by molar-refractivity contribution is 9.10. The summed E-state index contributed by atoms with van der Waals surface area (Å²) in [6.45, 7) is 7.30. The fourth-order valence-corrected chi connectivity index (χ4v) is 4.31. The van der Waals surface area contributed by atoms with E-state index in [1.807, 2.05) is 6.20 Å². The van der Waals surface area contributed by atoms with Gasteiger partial charge in [0.1, 0.15) is 5.65 Å². The molecule has 1 unspecified atom stereocenters. The average Bonchev–Trinajstić information content (AvgIpc) is 3.34. The van der Waals surface area contributed by atoms with Crippen LogP contribution >= 0.6 is 15.9 Å². The van der Waals surface area contributed by atoms with Gasteiger partial charge in [-0.25, -0.2) is 4.98 Å². The van der Waals surface area contributed by atoms with Gasteiger partial charge in [0.05, 0.1) is 26.8 Å². The maximum absolute atomic E-state index is 12.7. The standard InChI is InChI=1S/C21H25BrN6O/c1-13(2)24-8-14-5-7-28(12-14)19-16(22)10-25-20-18(19)17(11-26-20)27-21(29)15-4-3-6-23-9-15/h3-4,6,9-11,13-14,24H,5,7-8,12H2,1-2H3,(H,25,26)(H,27,29). The molecule has 1 aliphatic rings. The summed E-state index contributed by atoms with van der Waals surface area (Å²) in [6.07, 6.45) is 7.97. The van der Waals surface area contributed by atoms with E-state index in [4.69, 9.17) is 0 Å². The lowest BCUT2D eigenvalue weighted by Crippen LogP contribution is -2.30. The Kier molecular flexibility index (Phi) is 5.82. The Morgan fingerprint density at radius 3 is 3.03 bits per heavy atom. The number of halogens is 1. The Morgan fingerprint density at radius 2 is 2.28 bits per heavy atom. The second-order valence-corrected chi connectivity index (χ2v) is 8.59. The van der Waals surface area contributed by atoms with E-state index < -0.39 is 0 Å². The summed E-state index contributed by atoms with van der Waals surface area (Å²) in [6, 6.07) is 3.99. The first-order valence-electron chi connectivity index (χ1n) is 9.88. The van der Waals surface area contributed by atoms with Crippen LogP contribution in [0.25, 0.3) is 11.0 Å². The molecule has 1 fully saturated rings. The van der Waals surface area contributed by atoms with E-state index in [0.717, 1.165) is 52.9 Å². The molecule has 0 aromatic carbocycles. The largest absolute Gasteiger partial charge is 0.370 e. The number of carbonyl (C=O) groups is 1. The Balaban J connectivity index is 1.62. The van der Waals surface area contributed by atoms with Crippen LogP contribution in [0.3, 0.4) is 0 Å². The molecule has 8 heteroatoms. The Labute approximate surface area is 178 Å². The maximum Gasteiger partial charge on any atom is 0.257 e. The minimum Gasteiger partial charge on any atom is -0.370 e. The normalized spacial score (nSPS) is 16.7. The number of aromatic amines is 1. The highest BCUT2D eigenvalue weighted by Crippen LogP contribution is 2.40. The first-order chi connectivity index (χ1) is 14.0. The quantitative estimate of drug-likeness (QED) is 0.525. The minimum absolute atomic E-state index is 0.189. The van der Waals surface area contributed by atoms with Gasteiger partial charge in [0.15, 0.2) is 0 Å². The van der Waals surface area contributed by atoms with E-state index in [0.29, 0.717) is 17.5 Å². The fourth-order valence-electron chi connectivity index (χ4n) is 3.76. The Hall–Kier alpha value is -2.45. The number of nitrogens with one attached hydrogen (secondary N) is 3. The van der Waals surface area contributed by atoms with Crippen molar-refractivity contribution in [3.05, 3.63) is 47.0 Å². The minimum atomic E-state index is -0.189. The van der Waals surface area contributed by atoms with E-state index in [1.54, 1.807) is 30.7 Å². The van der Waals surface area contributed by atoms with Gasteiger partial charge in [-0.3, -0.25) is 9.78 Å². The SMILES string of the molecule is CC(C)NCC1CCN(c2c(Br)cnc3[nH]cc(NC(=O)c4cccnc4)c23)C1. The van der Waals surface area contributed by atoms with E-state index in [1.165, 1.54) is 0 Å². The summed E-state index contributed by atoms with van der Waals surface area (Å²) >= 11 is 3.68. The molecule has 1 atom stereocenters. The Morgan fingerprint density at radius 1 is 1.41 bits per heavy atom. The second kappa shape index (κ2) is 8.51. The van der Waals surface area contributed by atoms with Crippen LogP contribution in [0.15, 0.2) is 41.4 Å². The van der Waals surface area contributed by atoms with Crippen molar-refractivity contribution in [1.29, 1.82) is 0 Å². The lowest BCUT2D eigenvalue weighted by molar-refractivity contribution is 0.102. The molecule has 0 saturated carbocycles. The lowest BCUT2D eigenvalue weighted by atomic mass is 10.1. The van der Waals surface area contributed by atoms with Crippen molar-refractivity contribution < 1.29 is 4.79 Å². The summed E-state index contributed by atoms with van der Waals surface area (Å²) in [7, 11) is 0. The third-order valence-corrected chi connectivity index (χ3v) is 5.80. The number of hydrogen-bond acceptors (Lipinski definition) is 5. The molecule has 4 rings (SSSR count). The molecule has 0 bridgehead atoms. The monoisotopic (exact) mass is 456 g/mol. The van der Waals surface area contributed by atoms with Gasteiger partial charge in [0.25, 0.3) is 5.91 Å². The van der Waals surface area contributed by atoms with Crippen LogP contribution in [-0.4, -0.2) is 46.5 Å². The number of anilines is 2. The zero-order valence-corrected chi connectivity index (χ0v) is 18.2. The van der Waals surface area contributed by atoms with Crippen molar-refractivity contribution in [2.75, 3.05) is 29.9 Å². The smallest absolute Gasteiger partial charge is 0.257 e. The van der Waals surface area contributed by atoms with Crippen molar-refractivity contribution in [2.24, 2.45) is 5.92 Å². The van der Waals surface area contributed by atoms with Gasteiger partial charge >= 0.3 is 0 Å². The third-order valence-electron chi connectivity index (χ3n) is 5.22. The first-order valence-corrected chi connectivity index (χ1v) is 10.7. The number of rotatable bonds is 6. The number of aromatic nitrogens is 3. The number of hydrogen-bond donors (Lipinski definition) is 3. The summed E-state index contributed by atoms with van der Waals surface area (Å²) in [5.41, 5.74) is 3.08. The summed E-state index contributed by atoms with van der Waals surface area (Å²) < 4.78 is 0.930. The van der Waals surface area contributed by atoms with Gasteiger partial charge in [-0.2, -0.15) is 0 Å². The second-order valence-electron chi connectivity index (χ2n) is 7.74. The van der Waals surface area contributed by atoms with Gasteiger partial charge in [0, 0.05) is 43.9 Å². The lowest BCUT2D eigenvalue weighted by Gasteiger charge is -2.22. The van der Waals surface area contributed by atoms with Crippen LogP contribution < -0.4 is 15.5 Å². The number of nitrogens with zero attached hydrogens (tertiary/aromatic N) is 3. The number of fused-ring (bicyclic) bond motifs is 1. The zero-order valence-electron chi connectivity index (χ0n) is 16.6. The summed E-state index contributed by atoms with van der Waals surface area (Å²) in [5, 5.41) is 7.48. The third kappa shape index (κ3) is 4.28. The molecule has 29 heavy (non-hydrogen) atoms. The van der Waals surface area contributed by atoms with Crippen LogP contribution in [0.2, 0.25) is 0 Å². The molecule has 0 radical (unpaired) electrons. The highest BCUT2D eigenvalue weighted by Gasteiger charge is 2.27. The summed E-state index contributed by atoms with van der Waals surface area (Å²) in [5.74, 6) is 0.408. The van der Waals surface area contributed by atoms with Crippen molar-refractivity contribution in [1.82, 2.24) is 20.3 Å². The number of H-pyrrole nitrogens is 1. The molecule has 1 aliphatic heterocycles. The molecule has 3 aromatic heterocycles. The van der Waals surface area contributed by atoms with Gasteiger partial charge in [0.2, 0.25) is 0 Å². The van der Waals surface area contributed by atoms with Gasteiger partial charge in [-0.05, 0) is 46.9 Å². The molecule has 4 heterocycles. The van der Waals surface area contributed by atoms with Crippen molar-refractivity contribution in [3.63, 3.8) is 0 Å². The zero-order chi connectivity index (χ0) is 20.4. The molecular weight excluding hydrogens is 432 g/mol. The first kappa shape index (κ1) is 19.8. The molecule has 0 aliphatic carbocycles. The molecule has 3 N–H and O–H groups in total. The molecule has 7 nitrogen and oxygen atoms in total. The van der Waals surface area contributed by atoms with Gasteiger partial charge in [-0.1, -0.05) is 13.8 Å². The van der Waals surface area contributed by atoms with Gasteiger partial charge in [-0.15, -0.1) is 0 Å². The van der Waals surface area contributed by atoms with Crippen LogP contribution in [0.1, 0.15) is 30.6 Å². The van der Waals surface area contributed by atoms with Crippen molar-refractivity contribution in [2.45, 2.75) is 26.3 Å². The van der Waals surface area contributed by atoms with Crippen LogP contribution in [0.4, 0.5) is 11.4 Å². The van der Waals surface area contributed by atoms with Crippen LogP contribution in [-0.2, 0) is 0 Å². The highest BCUT2D eigenvalue weighted by atomic mass is 79.9. The summed E-state index contributed by atoms with van der Waals surface area (Å²) in [4.78, 5) is 26.7. The van der Waals surface area contributed by atoms with E-state index in [-0.39, 0.29) is 5.91 Å². The predicted molar refractivity (Wildman–Crippen MR) is 119 cm³/mol. The maximum atomic E-state index is 12.7. The number of amides is 1. The predicted octanol–water partition coefficient (Wildman–Crippen LogP) is 3.80. The molecular formula is C21H25BrN6O. The van der Waals surface area contributed by atoms with Crippen molar-refractivity contribution >= 4 is 44.2 Å². The molecule has 1 amide bonds. The molecule has 152 valence electrons. The van der Waals surface area contributed by atoms with E-state index in [2.05, 4.69) is 60.3 Å². The molecule has 1 saturated heterocycles. The number of carbonyl (C=O) groups excluding carboxylic acids is 1. The topological polar surface area (TPSA) is 85.9 Å². The molecule has 0 spiro atoms.